The smallest absolute Gasteiger partial charge is 0.263 e. The van der Waals surface area contributed by atoms with E-state index in [9.17, 15) is 9.59 Å². The van der Waals surface area contributed by atoms with E-state index in [4.69, 9.17) is 5.73 Å². The van der Waals surface area contributed by atoms with Crippen molar-refractivity contribution in [1.29, 1.82) is 0 Å². The van der Waals surface area contributed by atoms with Crippen LogP contribution in [0.5, 0.6) is 0 Å². The third kappa shape index (κ3) is 2.51. The van der Waals surface area contributed by atoms with Crippen LogP contribution in [0.2, 0.25) is 0 Å². The van der Waals surface area contributed by atoms with Crippen LogP contribution >= 0.6 is 11.3 Å². The second-order valence-electron chi connectivity index (χ2n) is 2.42. The Morgan fingerprint density at radius 3 is 2.85 bits per heavy atom. The monoisotopic (exact) mass is 199 g/mol. The lowest BCUT2D eigenvalue weighted by atomic mass is 10.4. The van der Waals surface area contributed by atoms with Crippen molar-refractivity contribution >= 4 is 23.2 Å². The minimum absolute atomic E-state index is 0.143. The predicted molar refractivity (Wildman–Crippen MR) is 48.4 cm³/mol. The molecule has 0 unspecified atom stereocenters. The number of rotatable bonds is 3. The quantitative estimate of drug-likeness (QED) is 0.698. The number of primary amides is 1. The van der Waals surface area contributed by atoms with Gasteiger partial charge in [0.25, 0.3) is 5.91 Å². The Morgan fingerprint density at radius 1 is 1.69 bits per heavy atom. The van der Waals surface area contributed by atoms with Gasteiger partial charge in [0, 0.05) is 0 Å². The summed E-state index contributed by atoms with van der Waals surface area (Å²) in [5, 5.41) is 2.38. The zero-order valence-corrected chi connectivity index (χ0v) is 7.85. The van der Waals surface area contributed by atoms with Crippen molar-refractivity contribution < 1.29 is 9.59 Å². The zero-order chi connectivity index (χ0) is 9.84. The molecule has 2 amide bonds. The van der Waals surface area contributed by atoms with Crippen molar-refractivity contribution in [2.75, 3.05) is 6.54 Å². The first-order valence-electron chi connectivity index (χ1n) is 3.58. The van der Waals surface area contributed by atoms with E-state index in [0.29, 0.717) is 10.6 Å². The van der Waals surface area contributed by atoms with Gasteiger partial charge < -0.3 is 11.1 Å². The van der Waals surface area contributed by atoms with E-state index >= 15 is 0 Å². The summed E-state index contributed by atoms with van der Waals surface area (Å²) < 4.78 is 0. The van der Waals surface area contributed by atoms with Crippen LogP contribution in [0.1, 0.15) is 15.4 Å². The molecule has 1 aromatic rings. The molecule has 1 rings (SSSR count). The molecule has 0 bridgehead atoms. The summed E-state index contributed by atoms with van der Waals surface area (Å²) >= 11 is 1.23. The summed E-state index contributed by atoms with van der Waals surface area (Å²) in [7, 11) is 0. The van der Waals surface area contributed by atoms with E-state index in [0.717, 1.165) is 0 Å². The molecule has 0 aliphatic carbocycles. The van der Waals surface area contributed by atoms with Gasteiger partial charge in [-0.25, -0.2) is 4.98 Å². The summed E-state index contributed by atoms with van der Waals surface area (Å²) in [4.78, 5) is 26.1. The number of carbonyl (C=O) groups is 2. The van der Waals surface area contributed by atoms with Gasteiger partial charge in [-0.05, 0) is 6.92 Å². The zero-order valence-electron chi connectivity index (χ0n) is 7.03. The largest absolute Gasteiger partial charge is 0.368 e. The maximum atomic E-state index is 11.3. The number of thiazole rings is 1. The van der Waals surface area contributed by atoms with Crippen LogP contribution in [0, 0.1) is 6.92 Å². The highest BCUT2D eigenvalue weighted by Gasteiger charge is 2.11. The van der Waals surface area contributed by atoms with E-state index < -0.39 is 5.91 Å². The first kappa shape index (κ1) is 9.66. The minimum Gasteiger partial charge on any atom is -0.368 e. The van der Waals surface area contributed by atoms with Crippen LogP contribution < -0.4 is 11.1 Å². The highest BCUT2D eigenvalue weighted by atomic mass is 32.1. The molecule has 0 fully saturated rings. The number of nitrogens with zero attached hydrogens (tertiary/aromatic N) is 1. The van der Waals surface area contributed by atoms with Gasteiger partial charge in [-0.3, -0.25) is 9.59 Å². The first-order chi connectivity index (χ1) is 6.11. The molecule has 1 heterocycles. The number of nitrogens with one attached hydrogen (secondary N) is 1. The standard InChI is InChI=1S/C7H9N3O2S/c1-4-6(13-3-10-4)7(12)9-2-5(8)11/h3H,2H2,1H3,(H2,8,11)(H,9,12). The van der Waals surface area contributed by atoms with Crippen molar-refractivity contribution in [3.63, 3.8) is 0 Å². The molecule has 6 heteroatoms. The number of hydrogen-bond acceptors (Lipinski definition) is 4. The van der Waals surface area contributed by atoms with Crippen molar-refractivity contribution in [2.24, 2.45) is 5.73 Å². The fourth-order valence-electron chi connectivity index (χ4n) is 0.768. The first-order valence-corrected chi connectivity index (χ1v) is 4.46. The second-order valence-corrected chi connectivity index (χ2v) is 3.27. The molecule has 70 valence electrons. The Labute approximate surface area is 79.0 Å². The van der Waals surface area contributed by atoms with E-state index in [1.165, 1.54) is 11.3 Å². The van der Waals surface area contributed by atoms with Crippen molar-refractivity contribution in [3.8, 4) is 0 Å². The van der Waals surface area contributed by atoms with Gasteiger partial charge in [-0.15, -0.1) is 11.3 Å². The molecule has 3 N–H and O–H groups in total. The molecular formula is C7H9N3O2S. The molecular weight excluding hydrogens is 190 g/mol. The summed E-state index contributed by atoms with van der Waals surface area (Å²) in [6.07, 6.45) is 0. The molecule has 0 spiro atoms. The SMILES string of the molecule is Cc1ncsc1C(=O)NCC(N)=O. The molecule has 0 atom stereocenters. The highest BCUT2D eigenvalue weighted by molar-refractivity contribution is 7.11. The minimum atomic E-state index is -0.560. The molecule has 0 saturated heterocycles. The number of amides is 2. The van der Waals surface area contributed by atoms with E-state index in [1.54, 1.807) is 12.4 Å². The Kier molecular flexibility index (Phi) is 2.97. The van der Waals surface area contributed by atoms with Gasteiger partial charge >= 0.3 is 0 Å². The second kappa shape index (κ2) is 3.99. The lowest BCUT2D eigenvalue weighted by molar-refractivity contribution is -0.117. The van der Waals surface area contributed by atoms with E-state index in [1.807, 2.05) is 0 Å². The molecule has 13 heavy (non-hydrogen) atoms. The number of carbonyl (C=O) groups excluding carboxylic acids is 2. The Hall–Kier alpha value is -1.43. The summed E-state index contributed by atoms with van der Waals surface area (Å²) in [6.45, 7) is 1.59. The third-order valence-electron chi connectivity index (χ3n) is 1.37. The number of aryl methyl sites for hydroxylation is 1. The third-order valence-corrected chi connectivity index (χ3v) is 2.30. The van der Waals surface area contributed by atoms with Crippen molar-refractivity contribution in [3.05, 3.63) is 16.1 Å². The fourth-order valence-corrected chi connectivity index (χ4v) is 1.49. The molecule has 1 aromatic heterocycles. The molecule has 0 aliphatic rings. The van der Waals surface area contributed by atoms with Crippen LogP contribution in [-0.2, 0) is 4.79 Å². The summed E-state index contributed by atoms with van der Waals surface area (Å²) in [5.74, 6) is -0.866. The highest BCUT2D eigenvalue weighted by Crippen LogP contribution is 2.10. The van der Waals surface area contributed by atoms with Gasteiger partial charge in [-0.1, -0.05) is 0 Å². The van der Waals surface area contributed by atoms with Gasteiger partial charge in [0.1, 0.15) is 4.88 Å². The van der Waals surface area contributed by atoms with Crippen molar-refractivity contribution in [2.45, 2.75) is 6.92 Å². The molecule has 0 radical (unpaired) electrons. The van der Waals surface area contributed by atoms with Gasteiger partial charge in [0.2, 0.25) is 5.91 Å². The molecule has 5 nitrogen and oxygen atoms in total. The molecule has 0 saturated carbocycles. The normalized spacial score (nSPS) is 9.62. The Balaban J connectivity index is 2.59. The maximum absolute atomic E-state index is 11.3. The summed E-state index contributed by atoms with van der Waals surface area (Å²) in [6, 6.07) is 0. The lowest BCUT2D eigenvalue weighted by Gasteiger charge is -1.99. The molecule has 0 aliphatic heterocycles. The van der Waals surface area contributed by atoms with Crippen LogP contribution in [0.4, 0.5) is 0 Å². The molecule has 0 aromatic carbocycles. The summed E-state index contributed by atoms with van der Waals surface area (Å²) in [5.41, 5.74) is 7.10. The van der Waals surface area contributed by atoms with Crippen LogP contribution in [-0.4, -0.2) is 23.3 Å². The topological polar surface area (TPSA) is 85.1 Å². The number of hydrogen-bond donors (Lipinski definition) is 2. The van der Waals surface area contributed by atoms with Gasteiger partial charge in [0.05, 0.1) is 17.7 Å². The predicted octanol–water partition coefficient (Wildman–Crippen LogP) is -0.333. The average molecular weight is 199 g/mol. The van der Waals surface area contributed by atoms with E-state index in [-0.39, 0.29) is 12.5 Å². The van der Waals surface area contributed by atoms with Gasteiger partial charge in [0.15, 0.2) is 0 Å². The van der Waals surface area contributed by atoms with Crippen LogP contribution in [0.3, 0.4) is 0 Å². The number of aromatic nitrogens is 1. The van der Waals surface area contributed by atoms with E-state index in [2.05, 4.69) is 10.3 Å². The maximum Gasteiger partial charge on any atom is 0.263 e. The van der Waals surface area contributed by atoms with Gasteiger partial charge in [-0.2, -0.15) is 0 Å². The number of nitrogens with two attached hydrogens (primary N) is 1. The van der Waals surface area contributed by atoms with Crippen molar-refractivity contribution in [1.82, 2.24) is 10.3 Å². The Bertz CT molecular complexity index is 334. The Morgan fingerprint density at radius 2 is 2.38 bits per heavy atom. The lowest BCUT2D eigenvalue weighted by Crippen LogP contribution is -2.33. The van der Waals surface area contributed by atoms with Crippen LogP contribution in [0.15, 0.2) is 5.51 Å². The fraction of sp³-hybridized carbons (Fsp3) is 0.286. The van der Waals surface area contributed by atoms with Crippen LogP contribution in [0.25, 0.3) is 0 Å². The average Bonchev–Trinajstić information content (AvgIpc) is 2.47.